The second-order valence-electron chi connectivity index (χ2n) is 4.47. The van der Waals surface area contributed by atoms with Crippen molar-refractivity contribution in [3.05, 3.63) is 18.3 Å². The Kier molecular flexibility index (Phi) is 3.84. The van der Waals surface area contributed by atoms with E-state index in [-0.39, 0.29) is 23.2 Å². The van der Waals surface area contributed by atoms with Gasteiger partial charge in [0.25, 0.3) is 0 Å². The van der Waals surface area contributed by atoms with Crippen molar-refractivity contribution in [3.63, 3.8) is 0 Å². The van der Waals surface area contributed by atoms with Crippen molar-refractivity contribution in [1.82, 2.24) is 9.29 Å². The topological polar surface area (TPSA) is 96.5 Å². The van der Waals surface area contributed by atoms with Crippen molar-refractivity contribution in [2.24, 2.45) is 5.92 Å². The van der Waals surface area contributed by atoms with E-state index in [2.05, 4.69) is 4.98 Å². The molecule has 0 radical (unpaired) electrons. The zero-order valence-corrected chi connectivity index (χ0v) is 10.8. The van der Waals surface area contributed by atoms with E-state index in [1.807, 2.05) is 0 Å². The smallest absolute Gasteiger partial charge is 0.243 e. The van der Waals surface area contributed by atoms with Gasteiger partial charge in [-0.15, -0.1) is 0 Å². The minimum absolute atomic E-state index is 0.0184. The first-order valence-corrected chi connectivity index (χ1v) is 7.30. The fourth-order valence-electron chi connectivity index (χ4n) is 2.13. The van der Waals surface area contributed by atoms with E-state index < -0.39 is 10.0 Å². The second-order valence-corrected chi connectivity index (χ2v) is 6.41. The molecule has 1 unspecified atom stereocenters. The Morgan fingerprint density at radius 1 is 1.56 bits per heavy atom. The molecule has 1 aromatic rings. The first kappa shape index (κ1) is 13.3. The van der Waals surface area contributed by atoms with Crippen LogP contribution in [0.2, 0.25) is 0 Å². The van der Waals surface area contributed by atoms with Gasteiger partial charge < -0.3 is 10.8 Å². The van der Waals surface area contributed by atoms with Crippen molar-refractivity contribution in [2.45, 2.75) is 17.7 Å². The molecule has 1 saturated heterocycles. The molecule has 3 N–H and O–H groups in total. The molecule has 100 valence electrons. The van der Waals surface area contributed by atoms with Crippen LogP contribution in [0.4, 0.5) is 5.82 Å². The Hall–Kier alpha value is -1.18. The van der Waals surface area contributed by atoms with E-state index in [1.54, 1.807) is 0 Å². The molecule has 7 heteroatoms. The molecule has 6 nitrogen and oxygen atoms in total. The van der Waals surface area contributed by atoms with E-state index in [1.165, 1.54) is 22.6 Å². The van der Waals surface area contributed by atoms with Crippen LogP contribution in [0.5, 0.6) is 0 Å². The summed E-state index contributed by atoms with van der Waals surface area (Å²) in [6.45, 7) is 0.868. The summed E-state index contributed by atoms with van der Waals surface area (Å²) >= 11 is 0. The molecular weight excluding hydrogens is 254 g/mol. The number of aromatic nitrogens is 1. The molecule has 2 rings (SSSR count). The predicted octanol–water partition coefficient (Wildman–Crippen LogP) is 0.0568. The average molecular weight is 271 g/mol. The predicted molar refractivity (Wildman–Crippen MR) is 67.2 cm³/mol. The number of sulfonamides is 1. The van der Waals surface area contributed by atoms with Crippen LogP contribution in [0, 0.1) is 5.92 Å². The van der Waals surface area contributed by atoms with Crippen molar-refractivity contribution >= 4 is 15.8 Å². The number of anilines is 1. The Balaban J connectivity index is 2.25. The van der Waals surface area contributed by atoms with Gasteiger partial charge >= 0.3 is 0 Å². The summed E-state index contributed by atoms with van der Waals surface area (Å²) < 4.78 is 26.1. The van der Waals surface area contributed by atoms with Gasteiger partial charge in [0.05, 0.1) is 4.90 Å². The summed E-state index contributed by atoms with van der Waals surface area (Å²) in [4.78, 5) is 3.95. The normalized spacial score (nSPS) is 21.9. The van der Waals surface area contributed by atoms with Crippen LogP contribution < -0.4 is 5.73 Å². The molecule has 0 aromatic carbocycles. The summed E-state index contributed by atoms with van der Waals surface area (Å²) in [6, 6.07) is 2.80. The minimum atomic E-state index is -3.53. The number of nitrogen functional groups attached to an aromatic ring is 1. The maximum absolute atomic E-state index is 12.4. The van der Waals surface area contributed by atoms with Gasteiger partial charge in [0, 0.05) is 32.0 Å². The third-order valence-corrected chi connectivity index (χ3v) is 4.99. The number of nitrogens with two attached hydrogens (primary N) is 1. The number of hydrogen-bond donors (Lipinski definition) is 2. The Bertz CT molecular complexity index is 518. The summed E-state index contributed by atoms with van der Waals surface area (Å²) in [5.41, 5.74) is 5.50. The summed E-state index contributed by atoms with van der Waals surface area (Å²) in [5.74, 6) is 0.208. The molecule has 1 aliphatic rings. The number of aliphatic hydroxyl groups excluding tert-OH is 1. The SMILES string of the molecule is Nc1cc(S(=O)(=O)N2CCCC(CO)C2)ccn1. The van der Waals surface area contributed by atoms with Gasteiger partial charge in [-0.1, -0.05) is 0 Å². The molecule has 0 saturated carbocycles. The minimum Gasteiger partial charge on any atom is -0.396 e. The van der Waals surface area contributed by atoms with Gasteiger partial charge in [0.2, 0.25) is 10.0 Å². The molecule has 2 heterocycles. The second kappa shape index (κ2) is 5.21. The van der Waals surface area contributed by atoms with Gasteiger partial charge in [0.1, 0.15) is 5.82 Å². The van der Waals surface area contributed by atoms with Crippen molar-refractivity contribution < 1.29 is 13.5 Å². The molecule has 0 bridgehead atoms. The van der Waals surface area contributed by atoms with Crippen LogP contribution in [0.15, 0.2) is 23.2 Å². The van der Waals surface area contributed by atoms with E-state index in [4.69, 9.17) is 10.8 Å². The summed E-state index contributed by atoms with van der Waals surface area (Å²) in [5, 5.41) is 9.14. The highest BCUT2D eigenvalue weighted by Crippen LogP contribution is 2.23. The number of hydrogen-bond acceptors (Lipinski definition) is 5. The molecule has 1 aliphatic heterocycles. The number of aliphatic hydroxyl groups is 1. The lowest BCUT2D eigenvalue weighted by Crippen LogP contribution is -2.40. The van der Waals surface area contributed by atoms with Crippen LogP contribution in [-0.4, -0.2) is 42.5 Å². The Morgan fingerprint density at radius 3 is 3.00 bits per heavy atom. The van der Waals surface area contributed by atoms with Crippen LogP contribution >= 0.6 is 0 Å². The van der Waals surface area contributed by atoms with E-state index in [9.17, 15) is 8.42 Å². The molecule has 1 fully saturated rings. The van der Waals surface area contributed by atoms with Crippen molar-refractivity contribution in [2.75, 3.05) is 25.4 Å². The highest BCUT2D eigenvalue weighted by molar-refractivity contribution is 7.89. The average Bonchev–Trinajstić information content (AvgIpc) is 2.39. The number of pyridine rings is 1. The lowest BCUT2D eigenvalue weighted by molar-refractivity contribution is 0.165. The maximum atomic E-state index is 12.4. The molecule has 0 spiro atoms. The molecule has 0 aliphatic carbocycles. The lowest BCUT2D eigenvalue weighted by Gasteiger charge is -2.30. The Morgan fingerprint density at radius 2 is 2.33 bits per heavy atom. The standard InChI is InChI=1S/C11H17N3O3S/c12-11-6-10(3-4-13-11)18(16,17)14-5-1-2-9(7-14)8-15/h3-4,6,9,15H,1-2,5,7-8H2,(H2,12,13). The van der Waals surface area contributed by atoms with Gasteiger partial charge in [-0.2, -0.15) is 4.31 Å². The lowest BCUT2D eigenvalue weighted by atomic mass is 10.0. The largest absolute Gasteiger partial charge is 0.396 e. The molecule has 0 amide bonds. The third kappa shape index (κ3) is 2.63. The first-order valence-electron chi connectivity index (χ1n) is 5.86. The fraction of sp³-hybridized carbons (Fsp3) is 0.545. The van der Waals surface area contributed by atoms with Crippen LogP contribution in [0.3, 0.4) is 0 Å². The Labute approximate surface area is 106 Å². The number of nitrogens with zero attached hydrogens (tertiary/aromatic N) is 2. The van der Waals surface area contributed by atoms with Gasteiger partial charge in [0.15, 0.2) is 0 Å². The fourth-order valence-corrected chi connectivity index (χ4v) is 3.71. The van der Waals surface area contributed by atoms with Crippen molar-refractivity contribution in [1.29, 1.82) is 0 Å². The number of rotatable bonds is 3. The highest BCUT2D eigenvalue weighted by atomic mass is 32.2. The van der Waals surface area contributed by atoms with Crippen LogP contribution in [-0.2, 0) is 10.0 Å². The zero-order valence-electron chi connectivity index (χ0n) is 9.99. The third-order valence-electron chi connectivity index (χ3n) is 3.13. The van der Waals surface area contributed by atoms with E-state index >= 15 is 0 Å². The van der Waals surface area contributed by atoms with Crippen LogP contribution in [0.1, 0.15) is 12.8 Å². The quantitative estimate of drug-likeness (QED) is 0.810. The molecular formula is C11H17N3O3S. The highest BCUT2D eigenvalue weighted by Gasteiger charge is 2.30. The first-order chi connectivity index (χ1) is 8.54. The molecule has 1 atom stereocenters. The van der Waals surface area contributed by atoms with E-state index in [0.29, 0.717) is 13.1 Å². The monoisotopic (exact) mass is 271 g/mol. The van der Waals surface area contributed by atoms with Gasteiger partial charge in [-0.05, 0) is 24.8 Å². The zero-order chi connectivity index (χ0) is 13.2. The summed E-state index contributed by atoms with van der Waals surface area (Å²) in [6.07, 6.45) is 3.02. The number of piperidine rings is 1. The molecule has 1 aromatic heterocycles. The summed E-state index contributed by atoms with van der Waals surface area (Å²) in [7, 11) is -3.53. The van der Waals surface area contributed by atoms with E-state index in [0.717, 1.165) is 12.8 Å². The molecule has 18 heavy (non-hydrogen) atoms. The maximum Gasteiger partial charge on any atom is 0.243 e. The van der Waals surface area contributed by atoms with Gasteiger partial charge in [-0.3, -0.25) is 0 Å². The van der Waals surface area contributed by atoms with Crippen molar-refractivity contribution in [3.8, 4) is 0 Å². The van der Waals surface area contributed by atoms with Gasteiger partial charge in [-0.25, -0.2) is 13.4 Å². The van der Waals surface area contributed by atoms with Crippen LogP contribution in [0.25, 0.3) is 0 Å².